The Morgan fingerprint density at radius 3 is 2.53 bits per heavy atom. The SMILES string of the molecule is CC1COCC(C)N1C(=O)[C@H]1CCNC1. The molecule has 0 spiro atoms. The summed E-state index contributed by atoms with van der Waals surface area (Å²) in [6.07, 6.45) is 0.982. The van der Waals surface area contributed by atoms with Gasteiger partial charge in [-0.3, -0.25) is 4.79 Å². The summed E-state index contributed by atoms with van der Waals surface area (Å²) < 4.78 is 5.43. The summed E-state index contributed by atoms with van der Waals surface area (Å²) >= 11 is 0. The van der Waals surface area contributed by atoms with E-state index in [0.717, 1.165) is 19.5 Å². The highest BCUT2D eigenvalue weighted by molar-refractivity contribution is 5.80. The molecule has 2 rings (SSSR count). The van der Waals surface area contributed by atoms with Crippen LogP contribution in [0.1, 0.15) is 20.3 Å². The second kappa shape index (κ2) is 4.49. The Labute approximate surface area is 91.0 Å². The van der Waals surface area contributed by atoms with E-state index in [0.29, 0.717) is 19.1 Å². The molecule has 86 valence electrons. The molecule has 1 amide bonds. The lowest BCUT2D eigenvalue weighted by molar-refractivity contribution is -0.147. The predicted molar refractivity (Wildman–Crippen MR) is 57.6 cm³/mol. The Morgan fingerprint density at radius 2 is 2.00 bits per heavy atom. The van der Waals surface area contributed by atoms with Gasteiger partial charge in [-0.25, -0.2) is 0 Å². The summed E-state index contributed by atoms with van der Waals surface area (Å²) in [7, 11) is 0. The summed E-state index contributed by atoms with van der Waals surface area (Å²) in [4.78, 5) is 14.3. The maximum Gasteiger partial charge on any atom is 0.227 e. The van der Waals surface area contributed by atoms with Crippen LogP contribution in [0.15, 0.2) is 0 Å². The zero-order valence-electron chi connectivity index (χ0n) is 9.53. The Morgan fingerprint density at radius 1 is 1.33 bits per heavy atom. The van der Waals surface area contributed by atoms with E-state index in [1.165, 1.54) is 0 Å². The molecule has 3 atom stereocenters. The number of nitrogens with one attached hydrogen (secondary N) is 1. The first-order valence-corrected chi connectivity index (χ1v) is 5.80. The summed E-state index contributed by atoms with van der Waals surface area (Å²) in [5, 5.41) is 3.24. The van der Waals surface area contributed by atoms with E-state index in [1.54, 1.807) is 0 Å². The Bertz CT molecular complexity index is 229. The van der Waals surface area contributed by atoms with E-state index in [9.17, 15) is 4.79 Å². The van der Waals surface area contributed by atoms with Gasteiger partial charge in [0.25, 0.3) is 0 Å². The van der Waals surface area contributed by atoms with Crippen molar-refractivity contribution in [2.45, 2.75) is 32.4 Å². The molecule has 2 unspecified atom stereocenters. The third-order valence-corrected chi connectivity index (χ3v) is 3.33. The number of nitrogens with zero attached hydrogens (tertiary/aromatic N) is 1. The van der Waals surface area contributed by atoms with Crippen molar-refractivity contribution >= 4 is 5.91 Å². The molecule has 15 heavy (non-hydrogen) atoms. The van der Waals surface area contributed by atoms with E-state index in [4.69, 9.17) is 4.74 Å². The minimum absolute atomic E-state index is 0.188. The topological polar surface area (TPSA) is 41.6 Å². The number of rotatable bonds is 1. The van der Waals surface area contributed by atoms with Crippen molar-refractivity contribution in [3.8, 4) is 0 Å². The first kappa shape index (κ1) is 10.9. The summed E-state index contributed by atoms with van der Waals surface area (Å²) in [6, 6.07) is 0.448. The predicted octanol–water partition coefficient (Wildman–Crippen LogP) is 0.232. The average molecular weight is 212 g/mol. The van der Waals surface area contributed by atoms with Gasteiger partial charge in [-0.1, -0.05) is 0 Å². The number of carbonyl (C=O) groups excluding carboxylic acids is 1. The molecular weight excluding hydrogens is 192 g/mol. The lowest BCUT2D eigenvalue weighted by Gasteiger charge is -2.40. The van der Waals surface area contributed by atoms with Gasteiger partial charge in [0.05, 0.1) is 31.2 Å². The number of hydrogen-bond acceptors (Lipinski definition) is 3. The van der Waals surface area contributed by atoms with Gasteiger partial charge in [0.2, 0.25) is 5.91 Å². The second-order valence-corrected chi connectivity index (χ2v) is 4.67. The van der Waals surface area contributed by atoms with Crippen molar-refractivity contribution in [2.75, 3.05) is 26.3 Å². The fraction of sp³-hybridized carbons (Fsp3) is 0.909. The summed E-state index contributed by atoms with van der Waals surface area (Å²) in [6.45, 7) is 7.30. The van der Waals surface area contributed by atoms with Crippen LogP contribution in [0, 0.1) is 5.92 Å². The number of carbonyl (C=O) groups is 1. The highest BCUT2D eigenvalue weighted by atomic mass is 16.5. The zero-order chi connectivity index (χ0) is 10.8. The first-order valence-electron chi connectivity index (χ1n) is 5.80. The molecule has 0 aliphatic carbocycles. The molecule has 0 bridgehead atoms. The van der Waals surface area contributed by atoms with Crippen LogP contribution in [0.4, 0.5) is 0 Å². The largest absolute Gasteiger partial charge is 0.377 e. The highest BCUT2D eigenvalue weighted by Crippen LogP contribution is 2.19. The maximum atomic E-state index is 12.3. The van der Waals surface area contributed by atoms with Crippen molar-refractivity contribution in [3.63, 3.8) is 0 Å². The molecule has 0 saturated carbocycles. The van der Waals surface area contributed by atoms with Crippen molar-refractivity contribution in [1.29, 1.82) is 0 Å². The van der Waals surface area contributed by atoms with Gasteiger partial charge in [0, 0.05) is 6.54 Å². The van der Waals surface area contributed by atoms with E-state index < -0.39 is 0 Å². The number of morpholine rings is 1. The minimum Gasteiger partial charge on any atom is -0.377 e. The van der Waals surface area contributed by atoms with Crippen LogP contribution in [0.3, 0.4) is 0 Å². The number of amides is 1. The molecule has 0 radical (unpaired) electrons. The lowest BCUT2D eigenvalue weighted by atomic mass is 10.0. The molecule has 0 aromatic rings. The van der Waals surface area contributed by atoms with Crippen molar-refractivity contribution < 1.29 is 9.53 Å². The molecule has 0 aromatic heterocycles. The minimum atomic E-state index is 0.188. The van der Waals surface area contributed by atoms with E-state index in [1.807, 2.05) is 4.90 Å². The monoisotopic (exact) mass is 212 g/mol. The highest BCUT2D eigenvalue weighted by Gasteiger charge is 2.34. The standard InChI is InChI=1S/C11H20N2O2/c1-8-6-15-7-9(2)13(8)11(14)10-3-4-12-5-10/h8-10,12H,3-7H2,1-2H3/t8?,9?,10-/m0/s1. The summed E-state index contributed by atoms with van der Waals surface area (Å²) in [5.41, 5.74) is 0. The molecule has 2 aliphatic rings. The average Bonchev–Trinajstić information content (AvgIpc) is 2.69. The van der Waals surface area contributed by atoms with Crippen molar-refractivity contribution in [1.82, 2.24) is 10.2 Å². The molecule has 0 aromatic carbocycles. The van der Waals surface area contributed by atoms with Gasteiger partial charge in [-0.2, -0.15) is 0 Å². The molecule has 1 N–H and O–H groups in total. The molecule has 2 heterocycles. The van der Waals surface area contributed by atoms with E-state index >= 15 is 0 Å². The van der Waals surface area contributed by atoms with Gasteiger partial charge >= 0.3 is 0 Å². The van der Waals surface area contributed by atoms with Crippen LogP contribution in [0.5, 0.6) is 0 Å². The van der Waals surface area contributed by atoms with Crippen molar-refractivity contribution in [3.05, 3.63) is 0 Å². The third-order valence-electron chi connectivity index (χ3n) is 3.33. The van der Waals surface area contributed by atoms with Crippen LogP contribution < -0.4 is 5.32 Å². The molecule has 2 saturated heterocycles. The van der Waals surface area contributed by atoms with Gasteiger partial charge < -0.3 is 15.0 Å². The quantitative estimate of drug-likeness (QED) is 0.676. The second-order valence-electron chi connectivity index (χ2n) is 4.67. The van der Waals surface area contributed by atoms with Gasteiger partial charge in [-0.05, 0) is 26.8 Å². The zero-order valence-corrected chi connectivity index (χ0v) is 9.53. The van der Waals surface area contributed by atoms with E-state index in [-0.39, 0.29) is 18.0 Å². The Kier molecular flexibility index (Phi) is 3.26. The fourth-order valence-corrected chi connectivity index (χ4v) is 2.51. The van der Waals surface area contributed by atoms with Gasteiger partial charge in [0.1, 0.15) is 0 Å². The molecule has 4 nitrogen and oxygen atoms in total. The Balaban J connectivity index is 2.02. The number of hydrogen-bond donors (Lipinski definition) is 1. The normalized spacial score (nSPS) is 36.9. The third kappa shape index (κ3) is 2.16. The lowest BCUT2D eigenvalue weighted by Crippen LogP contribution is -2.54. The van der Waals surface area contributed by atoms with Gasteiger partial charge in [0.15, 0.2) is 0 Å². The van der Waals surface area contributed by atoms with E-state index in [2.05, 4.69) is 19.2 Å². The van der Waals surface area contributed by atoms with Crippen LogP contribution in [-0.2, 0) is 9.53 Å². The molecule has 2 aliphatic heterocycles. The van der Waals surface area contributed by atoms with Crippen LogP contribution >= 0.6 is 0 Å². The first-order chi connectivity index (χ1) is 7.20. The van der Waals surface area contributed by atoms with Crippen molar-refractivity contribution in [2.24, 2.45) is 5.92 Å². The fourth-order valence-electron chi connectivity index (χ4n) is 2.51. The molecule has 2 fully saturated rings. The molecular formula is C11H20N2O2. The molecule has 4 heteroatoms. The van der Waals surface area contributed by atoms with Crippen LogP contribution in [0.25, 0.3) is 0 Å². The maximum absolute atomic E-state index is 12.3. The van der Waals surface area contributed by atoms with Gasteiger partial charge in [-0.15, -0.1) is 0 Å². The number of ether oxygens (including phenoxy) is 1. The van der Waals surface area contributed by atoms with Crippen LogP contribution in [0.2, 0.25) is 0 Å². The smallest absolute Gasteiger partial charge is 0.227 e. The summed E-state index contributed by atoms with van der Waals surface area (Å²) in [5.74, 6) is 0.497. The van der Waals surface area contributed by atoms with Crippen LogP contribution in [-0.4, -0.2) is 49.2 Å². The Hall–Kier alpha value is -0.610.